The Morgan fingerprint density at radius 1 is 1.17 bits per heavy atom. The number of hydrogen-bond acceptors (Lipinski definition) is 5. The van der Waals surface area contributed by atoms with Crippen molar-refractivity contribution >= 4 is 12.1 Å². The summed E-state index contributed by atoms with van der Waals surface area (Å²) < 4.78 is 5.64. The summed E-state index contributed by atoms with van der Waals surface area (Å²) in [6, 6.07) is 11.9. The lowest BCUT2D eigenvalue weighted by molar-refractivity contribution is -0.00454. The van der Waals surface area contributed by atoms with E-state index in [1.165, 1.54) is 12.3 Å². The lowest BCUT2D eigenvalue weighted by Crippen LogP contribution is -2.47. The van der Waals surface area contributed by atoms with Gasteiger partial charge in [0.2, 0.25) is 0 Å². The van der Waals surface area contributed by atoms with Crippen LogP contribution in [0.4, 0.5) is 4.79 Å². The molecule has 0 saturated carbocycles. The number of likely N-dealkylation sites (tertiary alicyclic amines) is 1. The van der Waals surface area contributed by atoms with Crippen molar-refractivity contribution in [3.63, 3.8) is 0 Å². The minimum Gasteiger partial charge on any atom is -0.477 e. The molecular formula is C23H28N2O5. The average Bonchev–Trinajstić information content (AvgIpc) is 3.11. The van der Waals surface area contributed by atoms with Crippen LogP contribution in [0, 0.1) is 0 Å². The molecule has 1 amide bonds. The SMILES string of the molecule is CC(C)(C)OC(=O)N1[C@H](Cc2ccc(C(=O)O)nc2)CC[C@@H]1C(O)c1ccccc1. The Balaban J connectivity index is 1.84. The Labute approximate surface area is 176 Å². The van der Waals surface area contributed by atoms with Gasteiger partial charge in [0.15, 0.2) is 0 Å². The molecule has 0 bridgehead atoms. The molecule has 160 valence electrons. The molecule has 2 aromatic rings. The number of aromatic carboxylic acids is 1. The van der Waals surface area contributed by atoms with Crippen LogP contribution in [0.2, 0.25) is 0 Å². The predicted octanol–water partition coefficient (Wildman–Crippen LogP) is 3.82. The summed E-state index contributed by atoms with van der Waals surface area (Å²) in [5.41, 5.74) is 0.904. The number of carboxylic acid groups (broad SMARTS) is 1. The average molecular weight is 412 g/mol. The van der Waals surface area contributed by atoms with E-state index in [2.05, 4.69) is 4.98 Å². The summed E-state index contributed by atoms with van der Waals surface area (Å²) in [7, 11) is 0. The number of amides is 1. The van der Waals surface area contributed by atoms with Crippen molar-refractivity contribution in [2.45, 2.75) is 63.8 Å². The van der Waals surface area contributed by atoms with Gasteiger partial charge in [-0.25, -0.2) is 14.6 Å². The highest BCUT2D eigenvalue weighted by Crippen LogP contribution is 2.35. The van der Waals surface area contributed by atoms with Crippen LogP contribution >= 0.6 is 0 Å². The molecule has 2 N–H and O–H groups in total. The maximum atomic E-state index is 13.1. The Bertz CT molecular complexity index is 877. The van der Waals surface area contributed by atoms with Crippen LogP contribution in [0.15, 0.2) is 48.7 Å². The highest BCUT2D eigenvalue weighted by molar-refractivity contribution is 5.85. The molecule has 3 atom stereocenters. The molecule has 7 nitrogen and oxygen atoms in total. The van der Waals surface area contributed by atoms with Crippen molar-refractivity contribution in [2.24, 2.45) is 0 Å². The number of rotatable bonds is 5. The van der Waals surface area contributed by atoms with Gasteiger partial charge in [0, 0.05) is 12.2 Å². The number of carbonyl (C=O) groups excluding carboxylic acids is 1. The van der Waals surface area contributed by atoms with E-state index in [4.69, 9.17) is 9.84 Å². The van der Waals surface area contributed by atoms with E-state index in [1.54, 1.807) is 11.0 Å². The lowest BCUT2D eigenvalue weighted by atomic mass is 10.0. The summed E-state index contributed by atoms with van der Waals surface area (Å²) in [6.45, 7) is 5.44. The first-order chi connectivity index (χ1) is 14.2. The van der Waals surface area contributed by atoms with E-state index in [0.717, 1.165) is 11.1 Å². The number of aromatic nitrogens is 1. The van der Waals surface area contributed by atoms with E-state index in [9.17, 15) is 14.7 Å². The second kappa shape index (κ2) is 8.83. The standard InChI is InChI=1S/C23H28N2O5/c1-23(2,3)30-22(29)25-17(13-15-9-11-18(21(27)28)24-14-15)10-12-19(25)20(26)16-7-5-4-6-8-16/h4-9,11,14,17,19-20,26H,10,12-13H2,1-3H3,(H,27,28)/t17-,19+,20?/m0/s1. The summed E-state index contributed by atoms with van der Waals surface area (Å²) in [5.74, 6) is -1.08. The van der Waals surface area contributed by atoms with Gasteiger partial charge in [0.05, 0.1) is 12.1 Å². The first-order valence-corrected chi connectivity index (χ1v) is 10.1. The fourth-order valence-electron chi connectivity index (χ4n) is 3.84. The molecule has 30 heavy (non-hydrogen) atoms. The number of aliphatic hydroxyl groups excluding tert-OH is 1. The lowest BCUT2D eigenvalue weighted by Gasteiger charge is -2.34. The minimum atomic E-state index is -1.08. The molecule has 0 radical (unpaired) electrons. The number of ether oxygens (including phenoxy) is 1. The van der Waals surface area contributed by atoms with Gasteiger partial charge in [-0.3, -0.25) is 4.90 Å². The highest BCUT2D eigenvalue weighted by Gasteiger charge is 2.42. The number of nitrogens with zero attached hydrogens (tertiary/aromatic N) is 2. The zero-order valence-corrected chi connectivity index (χ0v) is 17.5. The molecule has 1 aromatic carbocycles. The number of pyridine rings is 1. The smallest absolute Gasteiger partial charge is 0.410 e. The Hall–Kier alpha value is -2.93. The van der Waals surface area contributed by atoms with Gasteiger partial charge in [-0.05, 0) is 57.2 Å². The van der Waals surface area contributed by atoms with Crippen LogP contribution in [0.5, 0.6) is 0 Å². The van der Waals surface area contributed by atoms with Crippen molar-refractivity contribution < 1.29 is 24.5 Å². The number of carboxylic acids is 1. The van der Waals surface area contributed by atoms with Gasteiger partial charge in [0.1, 0.15) is 11.3 Å². The molecule has 1 aliphatic rings. The largest absolute Gasteiger partial charge is 0.477 e. The van der Waals surface area contributed by atoms with Crippen molar-refractivity contribution in [1.29, 1.82) is 0 Å². The second-order valence-electron chi connectivity index (χ2n) is 8.60. The Morgan fingerprint density at radius 2 is 1.87 bits per heavy atom. The van der Waals surface area contributed by atoms with Crippen molar-refractivity contribution in [1.82, 2.24) is 9.88 Å². The molecule has 7 heteroatoms. The van der Waals surface area contributed by atoms with Crippen molar-refractivity contribution in [3.05, 3.63) is 65.5 Å². The highest BCUT2D eigenvalue weighted by atomic mass is 16.6. The zero-order valence-electron chi connectivity index (χ0n) is 17.5. The number of benzene rings is 1. The molecule has 1 fully saturated rings. The van der Waals surface area contributed by atoms with E-state index in [0.29, 0.717) is 19.3 Å². The van der Waals surface area contributed by atoms with Crippen LogP contribution in [0.3, 0.4) is 0 Å². The molecule has 2 heterocycles. The minimum absolute atomic E-state index is 0.0217. The third-order valence-corrected chi connectivity index (χ3v) is 5.17. The first kappa shape index (κ1) is 21.8. The molecule has 1 unspecified atom stereocenters. The summed E-state index contributed by atoms with van der Waals surface area (Å²) in [5, 5.41) is 20.0. The van der Waals surface area contributed by atoms with Gasteiger partial charge < -0.3 is 14.9 Å². The fraction of sp³-hybridized carbons (Fsp3) is 0.435. The summed E-state index contributed by atoms with van der Waals surface area (Å²) in [6.07, 6.45) is 2.09. The summed E-state index contributed by atoms with van der Waals surface area (Å²) in [4.78, 5) is 29.7. The molecule has 0 spiro atoms. The number of hydrogen-bond donors (Lipinski definition) is 2. The van der Waals surface area contributed by atoms with Crippen molar-refractivity contribution in [3.8, 4) is 0 Å². The summed E-state index contributed by atoms with van der Waals surface area (Å²) >= 11 is 0. The van der Waals surface area contributed by atoms with Crippen LogP contribution in [0.1, 0.15) is 61.3 Å². The van der Waals surface area contributed by atoms with Crippen LogP contribution in [-0.2, 0) is 11.2 Å². The maximum absolute atomic E-state index is 13.1. The molecule has 1 aliphatic heterocycles. The van der Waals surface area contributed by atoms with Gasteiger partial charge >= 0.3 is 12.1 Å². The normalized spacial score (nSPS) is 20.1. The maximum Gasteiger partial charge on any atom is 0.410 e. The third-order valence-electron chi connectivity index (χ3n) is 5.17. The number of carbonyl (C=O) groups is 2. The monoisotopic (exact) mass is 412 g/mol. The van der Waals surface area contributed by atoms with E-state index < -0.39 is 29.8 Å². The van der Waals surface area contributed by atoms with E-state index >= 15 is 0 Å². The fourth-order valence-corrected chi connectivity index (χ4v) is 3.84. The predicted molar refractivity (Wildman–Crippen MR) is 111 cm³/mol. The molecule has 1 aromatic heterocycles. The second-order valence-corrected chi connectivity index (χ2v) is 8.60. The van der Waals surface area contributed by atoms with E-state index in [-0.39, 0.29) is 11.7 Å². The van der Waals surface area contributed by atoms with E-state index in [1.807, 2.05) is 51.1 Å². The Morgan fingerprint density at radius 3 is 2.43 bits per heavy atom. The van der Waals surface area contributed by atoms with Gasteiger partial charge in [-0.15, -0.1) is 0 Å². The van der Waals surface area contributed by atoms with Gasteiger partial charge in [0.25, 0.3) is 0 Å². The molecule has 0 aliphatic carbocycles. The third kappa shape index (κ3) is 5.16. The van der Waals surface area contributed by atoms with Crippen LogP contribution < -0.4 is 0 Å². The molecule has 1 saturated heterocycles. The number of aliphatic hydroxyl groups is 1. The molecular weight excluding hydrogens is 384 g/mol. The Kier molecular flexibility index (Phi) is 6.41. The van der Waals surface area contributed by atoms with Crippen LogP contribution in [-0.4, -0.2) is 49.8 Å². The van der Waals surface area contributed by atoms with Gasteiger partial charge in [-0.1, -0.05) is 36.4 Å². The quantitative estimate of drug-likeness (QED) is 0.774. The first-order valence-electron chi connectivity index (χ1n) is 10.1. The van der Waals surface area contributed by atoms with Crippen molar-refractivity contribution in [2.75, 3.05) is 0 Å². The molecule has 3 rings (SSSR count). The topological polar surface area (TPSA) is 100.0 Å². The van der Waals surface area contributed by atoms with Crippen LogP contribution in [0.25, 0.3) is 0 Å². The van der Waals surface area contributed by atoms with Gasteiger partial charge in [-0.2, -0.15) is 0 Å². The zero-order chi connectivity index (χ0) is 21.9.